The molecule has 0 heterocycles. The second-order valence-electron chi connectivity index (χ2n) is 5.40. The van der Waals surface area contributed by atoms with Crippen LogP contribution in [0.1, 0.15) is 61.3 Å². The summed E-state index contributed by atoms with van der Waals surface area (Å²) in [4.78, 5) is 0. The third-order valence-electron chi connectivity index (χ3n) is 4.16. The summed E-state index contributed by atoms with van der Waals surface area (Å²) in [6.45, 7) is 17.2. The van der Waals surface area contributed by atoms with Crippen LogP contribution in [0.25, 0.3) is 0 Å². The number of hydrogen-bond donors (Lipinski definition) is 0. The molecule has 0 aromatic heterocycles. The maximum atomic E-state index is 6.21. The van der Waals surface area contributed by atoms with Gasteiger partial charge in [-0.05, 0) is 25.8 Å². The van der Waals surface area contributed by atoms with Gasteiger partial charge in [-0.25, -0.2) is 0 Å². The van der Waals surface area contributed by atoms with Crippen LogP contribution in [0.15, 0.2) is 0 Å². The second kappa shape index (κ2) is 7.55. The van der Waals surface area contributed by atoms with Gasteiger partial charge in [0.05, 0.1) is 0 Å². The fourth-order valence-electron chi connectivity index (χ4n) is 2.56. The number of hydrogen-bond acceptors (Lipinski definition) is 2. The Morgan fingerprint density at radius 2 is 1.47 bits per heavy atom. The standard InChI is InChI=1S/C14H32O2Si/c1-8-12-17(15-10-3,16-11-4)14(6,7)13(5)9-2/h13H,8-12H2,1-7H3. The highest BCUT2D eigenvalue weighted by Crippen LogP contribution is 2.49. The van der Waals surface area contributed by atoms with Crippen LogP contribution in [0, 0.1) is 5.92 Å². The minimum Gasteiger partial charge on any atom is -0.394 e. The van der Waals surface area contributed by atoms with Crippen molar-refractivity contribution in [3.8, 4) is 0 Å². The molecule has 0 aliphatic rings. The quantitative estimate of drug-likeness (QED) is 0.558. The van der Waals surface area contributed by atoms with Gasteiger partial charge < -0.3 is 8.85 Å². The number of rotatable bonds is 9. The third kappa shape index (κ3) is 3.80. The predicted molar refractivity (Wildman–Crippen MR) is 77.6 cm³/mol. The Morgan fingerprint density at radius 3 is 1.76 bits per heavy atom. The van der Waals surface area contributed by atoms with Gasteiger partial charge in [0, 0.05) is 18.3 Å². The molecule has 0 radical (unpaired) electrons. The van der Waals surface area contributed by atoms with E-state index < -0.39 is 8.56 Å². The summed E-state index contributed by atoms with van der Waals surface area (Å²) >= 11 is 0. The van der Waals surface area contributed by atoms with Gasteiger partial charge >= 0.3 is 8.56 Å². The first kappa shape index (κ1) is 17.1. The lowest BCUT2D eigenvalue weighted by Crippen LogP contribution is -2.53. The molecule has 1 atom stereocenters. The highest BCUT2D eigenvalue weighted by Gasteiger charge is 2.53. The molecule has 0 saturated carbocycles. The van der Waals surface area contributed by atoms with Gasteiger partial charge in [-0.15, -0.1) is 0 Å². The molecule has 1 unspecified atom stereocenters. The van der Waals surface area contributed by atoms with Crippen molar-refractivity contribution >= 4 is 8.56 Å². The van der Waals surface area contributed by atoms with Crippen molar-refractivity contribution in [1.82, 2.24) is 0 Å². The van der Waals surface area contributed by atoms with Gasteiger partial charge in [-0.3, -0.25) is 0 Å². The Labute approximate surface area is 109 Å². The van der Waals surface area contributed by atoms with Crippen LogP contribution in [0.4, 0.5) is 0 Å². The predicted octanol–water partition coefficient (Wildman–Crippen LogP) is 4.74. The lowest BCUT2D eigenvalue weighted by Gasteiger charge is -2.46. The SMILES string of the molecule is CCC[Si](OCC)(OCC)C(C)(C)C(C)CC. The average Bonchev–Trinajstić information content (AvgIpc) is 2.28. The molecule has 0 bridgehead atoms. The summed E-state index contributed by atoms with van der Waals surface area (Å²) in [6.07, 6.45) is 2.33. The van der Waals surface area contributed by atoms with Crippen molar-refractivity contribution in [2.24, 2.45) is 5.92 Å². The molecule has 17 heavy (non-hydrogen) atoms. The van der Waals surface area contributed by atoms with Crippen LogP contribution < -0.4 is 0 Å². The van der Waals surface area contributed by atoms with Crippen molar-refractivity contribution in [3.63, 3.8) is 0 Å². The summed E-state index contributed by atoms with van der Waals surface area (Å²) in [5.41, 5.74) is 0. The Balaban J connectivity index is 5.21. The first-order valence-corrected chi connectivity index (χ1v) is 9.22. The van der Waals surface area contributed by atoms with Crippen molar-refractivity contribution in [1.29, 1.82) is 0 Å². The van der Waals surface area contributed by atoms with Crippen molar-refractivity contribution < 1.29 is 8.85 Å². The van der Waals surface area contributed by atoms with Crippen LogP contribution in [0.2, 0.25) is 11.1 Å². The van der Waals surface area contributed by atoms with E-state index in [0.717, 1.165) is 25.7 Å². The molecule has 0 N–H and O–H groups in total. The maximum absolute atomic E-state index is 6.21. The fraction of sp³-hybridized carbons (Fsp3) is 1.00. The molecule has 104 valence electrons. The third-order valence-corrected chi connectivity index (χ3v) is 9.28. The highest BCUT2D eigenvalue weighted by atomic mass is 28.4. The Hall–Kier alpha value is 0.137. The summed E-state index contributed by atoms with van der Waals surface area (Å²) in [5.74, 6) is 0.638. The zero-order valence-corrected chi connectivity index (χ0v) is 13.9. The molecule has 3 heteroatoms. The van der Waals surface area contributed by atoms with Crippen LogP contribution in [-0.4, -0.2) is 21.8 Å². The lowest BCUT2D eigenvalue weighted by atomic mass is 9.94. The van der Waals surface area contributed by atoms with E-state index in [9.17, 15) is 0 Å². The van der Waals surface area contributed by atoms with Gasteiger partial charge in [0.15, 0.2) is 0 Å². The van der Waals surface area contributed by atoms with E-state index in [0.29, 0.717) is 5.92 Å². The first-order chi connectivity index (χ1) is 7.91. The minimum atomic E-state index is -2.11. The molecular weight excluding hydrogens is 228 g/mol. The molecule has 0 aliphatic heterocycles. The first-order valence-electron chi connectivity index (χ1n) is 7.19. The molecule has 0 amide bonds. The summed E-state index contributed by atoms with van der Waals surface area (Å²) in [6, 6.07) is 1.10. The van der Waals surface area contributed by atoms with Gasteiger partial charge in [-0.1, -0.05) is 47.5 Å². The summed E-state index contributed by atoms with van der Waals surface area (Å²) in [7, 11) is -2.11. The monoisotopic (exact) mass is 260 g/mol. The zero-order chi connectivity index (χ0) is 13.5. The van der Waals surface area contributed by atoms with E-state index in [1.807, 2.05) is 0 Å². The van der Waals surface area contributed by atoms with Crippen molar-refractivity contribution in [3.05, 3.63) is 0 Å². The van der Waals surface area contributed by atoms with Crippen LogP contribution >= 0.6 is 0 Å². The van der Waals surface area contributed by atoms with Gasteiger partial charge in [0.1, 0.15) is 0 Å². The molecule has 0 aromatic carbocycles. The van der Waals surface area contributed by atoms with E-state index >= 15 is 0 Å². The minimum absolute atomic E-state index is 0.170. The Kier molecular flexibility index (Phi) is 7.61. The van der Waals surface area contributed by atoms with Gasteiger partial charge in [0.2, 0.25) is 0 Å². The molecule has 0 aliphatic carbocycles. The van der Waals surface area contributed by atoms with E-state index in [1.165, 1.54) is 6.42 Å². The van der Waals surface area contributed by atoms with E-state index in [2.05, 4.69) is 48.5 Å². The Bertz CT molecular complexity index is 187. The highest BCUT2D eigenvalue weighted by molar-refractivity contribution is 6.70. The van der Waals surface area contributed by atoms with Gasteiger partial charge in [-0.2, -0.15) is 0 Å². The largest absolute Gasteiger partial charge is 0.394 e. The topological polar surface area (TPSA) is 18.5 Å². The van der Waals surface area contributed by atoms with Crippen LogP contribution in [0.5, 0.6) is 0 Å². The maximum Gasteiger partial charge on any atom is 0.344 e. The van der Waals surface area contributed by atoms with Crippen LogP contribution in [-0.2, 0) is 8.85 Å². The zero-order valence-electron chi connectivity index (χ0n) is 12.9. The molecular formula is C14H32O2Si. The summed E-state index contributed by atoms with van der Waals surface area (Å²) in [5, 5.41) is 0.170. The Morgan fingerprint density at radius 1 is 1.00 bits per heavy atom. The molecule has 0 aromatic rings. The smallest absolute Gasteiger partial charge is 0.344 e. The molecule has 2 nitrogen and oxygen atoms in total. The van der Waals surface area contributed by atoms with E-state index in [-0.39, 0.29) is 5.04 Å². The normalized spacial score (nSPS) is 15.0. The fourth-order valence-corrected chi connectivity index (χ4v) is 6.87. The molecule has 0 fully saturated rings. The van der Waals surface area contributed by atoms with Crippen molar-refractivity contribution in [2.75, 3.05) is 13.2 Å². The van der Waals surface area contributed by atoms with Crippen LogP contribution in [0.3, 0.4) is 0 Å². The average molecular weight is 260 g/mol. The summed E-state index contributed by atoms with van der Waals surface area (Å²) < 4.78 is 12.4. The van der Waals surface area contributed by atoms with E-state index in [1.54, 1.807) is 0 Å². The molecule has 0 saturated heterocycles. The lowest BCUT2D eigenvalue weighted by molar-refractivity contribution is 0.141. The van der Waals surface area contributed by atoms with Crippen molar-refractivity contribution in [2.45, 2.75) is 72.4 Å². The van der Waals surface area contributed by atoms with Gasteiger partial charge in [0.25, 0.3) is 0 Å². The second-order valence-corrected chi connectivity index (χ2v) is 9.27. The molecule has 0 rings (SSSR count). The van der Waals surface area contributed by atoms with E-state index in [4.69, 9.17) is 8.85 Å². The molecule has 0 spiro atoms.